The van der Waals surface area contributed by atoms with Crippen molar-refractivity contribution in [2.24, 2.45) is 0 Å². The zero-order valence-corrected chi connectivity index (χ0v) is 19.3. The number of hydrogen-bond donors (Lipinski definition) is 2. The van der Waals surface area contributed by atoms with Gasteiger partial charge in [0.1, 0.15) is 13.2 Å². The number of nitrogens with zero attached hydrogens (tertiary/aromatic N) is 1. The van der Waals surface area contributed by atoms with E-state index in [0.717, 1.165) is 22.3 Å². The monoisotopic (exact) mass is 474 g/mol. The zero-order valence-electron chi connectivity index (χ0n) is 19.3. The minimum absolute atomic E-state index is 0.0165. The Hall–Kier alpha value is -4.17. The van der Waals surface area contributed by atoms with Gasteiger partial charge in [0.15, 0.2) is 0 Å². The Morgan fingerprint density at radius 3 is 2.26 bits per heavy atom. The van der Waals surface area contributed by atoms with Crippen LogP contribution in [0.1, 0.15) is 27.4 Å². The van der Waals surface area contributed by atoms with Crippen LogP contribution in [0.25, 0.3) is 11.1 Å². The van der Waals surface area contributed by atoms with Gasteiger partial charge in [0.2, 0.25) is 0 Å². The quantitative estimate of drug-likeness (QED) is 0.456. The van der Waals surface area contributed by atoms with Crippen LogP contribution in [0.2, 0.25) is 0 Å². The van der Waals surface area contributed by atoms with Crippen LogP contribution in [0.15, 0.2) is 72.8 Å². The first kappa shape index (κ1) is 24.0. The lowest BCUT2D eigenvalue weighted by Gasteiger charge is -2.18. The number of aromatic carboxylic acids is 1. The van der Waals surface area contributed by atoms with E-state index in [2.05, 4.69) is 29.6 Å². The number of carboxylic acids is 1. The fourth-order valence-corrected chi connectivity index (χ4v) is 4.12. The predicted molar refractivity (Wildman–Crippen MR) is 131 cm³/mol. The van der Waals surface area contributed by atoms with Crippen LogP contribution in [0.4, 0.5) is 10.5 Å². The normalized spacial score (nSPS) is 11.9. The first-order valence-electron chi connectivity index (χ1n) is 11.2. The number of nitrogens with one attached hydrogen (secondary N) is 1. The maximum absolute atomic E-state index is 12.3. The molecule has 2 amide bonds. The molecule has 8 nitrogen and oxygen atoms in total. The van der Waals surface area contributed by atoms with Crippen LogP contribution in [0.5, 0.6) is 0 Å². The molecule has 35 heavy (non-hydrogen) atoms. The Kier molecular flexibility index (Phi) is 7.42. The molecule has 2 N–H and O–H groups in total. The molecular weight excluding hydrogens is 448 g/mol. The summed E-state index contributed by atoms with van der Waals surface area (Å²) < 4.78 is 10.8. The maximum atomic E-state index is 12.3. The molecule has 0 saturated heterocycles. The van der Waals surface area contributed by atoms with Gasteiger partial charge in [-0.2, -0.15) is 0 Å². The number of amides is 2. The molecular formula is C27H26N2O6. The third kappa shape index (κ3) is 5.50. The van der Waals surface area contributed by atoms with Gasteiger partial charge in [-0.3, -0.25) is 4.79 Å². The van der Waals surface area contributed by atoms with E-state index in [1.54, 1.807) is 19.2 Å². The third-order valence-electron chi connectivity index (χ3n) is 5.94. The number of carbonyl (C=O) groups excluding carboxylic acids is 2. The molecule has 1 aliphatic rings. The van der Waals surface area contributed by atoms with Gasteiger partial charge in [-0.1, -0.05) is 54.6 Å². The summed E-state index contributed by atoms with van der Waals surface area (Å²) in [6, 6.07) is 22.3. The number of benzene rings is 3. The number of ether oxygens (including phenoxy) is 2. The molecule has 3 aromatic carbocycles. The van der Waals surface area contributed by atoms with Crippen molar-refractivity contribution in [1.82, 2.24) is 5.32 Å². The summed E-state index contributed by atoms with van der Waals surface area (Å²) in [5.74, 6) is -1.42. The van der Waals surface area contributed by atoms with Crippen molar-refractivity contribution in [3.63, 3.8) is 0 Å². The van der Waals surface area contributed by atoms with Gasteiger partial charge in [-0.25, -0.2) is 9.59 Å². The van der Waals surface area contributed by atoms with Crippen LogP contribution in [0, 0.1) is 0 Å². The highest BCUT2D eigenvalue weighted by Gasteiger charge is 2.28. The number of hydrogen-bond acceptors (Lipinski definition) is 5. The minimum Gasteiger partial charge on any atom is -0.478 e. The molecule has 1 aliphatic carbocycles. The molecule has 0 radical (unpaired) electrons. The molecule has 180 valence electrons. The van der Waals surface area contributed by atoms with E-state index < -0.39 is 12.1 Å². The first-order valence-corrected chi connectivity index (χ1v) is 11.2. The number of rotatable bonds is 9. The van der Waals surface area contributed by atoms with Gasteiger partial charge < -0.3 is 24.8 Å². The Morgan fingerprint density at radius 1 is 0.943 bits per heavy atom. The van der Waals surface area contributed by atoms with Gasteiger partial charge in [0.05, 0.1) is 12.2 Å². The molecule has 0 aliphatic heterocycles. The topological polar surface area (TPSA) is 105 Å². The van der Waals surface area contributed by atoms with Crippen molar-refractivity contribution < 1.29 is 29.0 Å². The van der Waals surface area contributed by atoms with Gasteiger partial charge in [0.25, 0.3) is 5.91 Å². The van der Waals surface area contributed by atoms with Crippen molar-refractivity contribution in [2.45, 2.75) is 5.92 Å². The summed E-state index contributed by atoms with van der Waals surface area (Å²) in [6.45, 7) is 0.320. The van der Waals surface area contributed by atoms with Crippen LogP contribution < -0.4 is 10.2 Å². The summed E-state index contributed by atoms with van der Waals surface area (Å²) >= 11 is 0. The van der Waals surface area contributed by atoms with E-state index in [1.165, 1.54) is 17.0 Å². The number of alkyl carbamates (subject to hydrolysis) is 1. The highest BCUT2D eigenvalue weighted by molar-refractivity contribution is 5.96. The molecule has 0 saturated carbocycles. The minimum atomic E-state index is -1.07. The standard InChI is InChI=1S/C27H26N2O6/c1-29(19-8-6-7-18(15-19)26(31)32)25(30)17-34-14-13-28-27(33)35-16-24-22-11-4-2-9-20(22)21-10-3-5-12-23(21)24/h2-12,15,24H,13-14,16-17H2,1H3,(H,28,33)(H,31,32). The van der Waals surface area contributed by atoms with Crippen molar-refractivity contribution in [3.8, 4) is 11.1 Å². The molecule has 0 atom stereocenters. The molecule has 3 aromatic rings. The lowest BCUT2D eigenvalue weighted by atomic mass is 9.98. The molecule has 0 heterocycles. The summed E-state index contributed by atoms with van der Waals surface area (Å²) in [5, 5.41) is 11.7. The number of fused-ring (bicyclic) bond motifs is 3. The van der Waals surface area contributed by atoms with E-state index in [4.69, 9.17) is 14.6 Å². The highest BCUT2D eigenvalue weighted by atomic mass is 16.5. The summed E-state index contributed by atoms with van der Waals surface area (Å²) in [5.41, 5.74) is 5.15. The number of anilines is 1. The average molecular weight is 475 g/mol. The van der Waals surface area contributed by atoms with Crippen LogP contribution in [-0.2, 0) is 14.3 Å². The van der Waals surface area contributed by atoms with Crippen LogP contribution >= 0.6 is 0 Å². The Morgan fingerprint density at radius 2 is 1.60 bits per heavy atom. The lowest BCUT2D eigenvalue weighted by molar-refractivity contribution is -0.122. The van der Waals surface area contributed by atoms with Gasteiger partial charge in [-0.05, 0) is 40.5 Å². The highest BCUT2D eigenvalue weighted by Crippen LogP contribution is 2.44. The summed E-state index contributed by atoms with van der Waals surface area (Å²) in [6.07, 6.45) is -0.551. The first-order chi connectivity index (χ1) is 17.0. The zero-order chi connectivity index (χ0) is 24.8. The van der Waals surface area contributed by atoms with Crippen LogP contribution in [0.3, 0.4) is 0 Å². The second-order valence-electron chi connectivity index (χ2n) is 8.11. The molecule has 0 bridgehead atoms. The Bertz CT molecular complexity index is 1200. The van der Waals surface area contributed by atoms with Gasteiger partial charge in [0, 0.05) is 25.2 Å². The van der Waals surface area contributed by atoms with E-state index >= 15 is 0 Å². The van der Waals surface area contributed by atoms with Crippen molar-refractivity contribution >= 4 is 23.7 Å². The predicted octanol–water partition coefficient (Wildman–Crippen LogP) is 3.90. The fourth-order valence-electron chi connectivity index (χ4n) is 4.12. The maximum Gasteiger partial charge on any atom is 0.407 e. The van der Waals surface area contributed by atoms with E-state index in [-0.39, 0.29) is 43.8 Å². The molecule has 0 spiro atoms. The van der Waals surface area contributed by atoms with Crippen molar-refractivity contribution in [3.05, 3.63) is 89.5 Å². The van der Waals surface area contributed by atoms with Gasteiger partial charge >= 0.3 is 12.1 Å². The van der Waals surface area contributed by atoms with E-state index in [1.807, 2.05) is 24.3 Å². The van der Waals surface area contributed by atoms with Crippen LogP contribution in [-0.4, -0.2) is 56.5 Å². The summed E-state index contributed by atoms with van der Waals surface area (Å²) in [7, 11) is 1.54. The largest absolute Gasteiger partial charge is 0.478 e. The smallest absolute Gasteiger partial charge is 0.407 e. The lowest BCUT2D eigenvalue weighted by Crippen LogP contribution is -2.33. The molecule has 4 rings (SSSR count). The second kappa shape index (κ2) is 10.8. The molecule has 8 heteroatoms. The van der Waals surface area contributed by atoms with Gasteiger partial charge in [-0.15, -0.1) is 0 Å². The number of likely N-dealkylation sites (N-methyl/N-ethyl adjacent to an activating group) is 1. The van der Waals surface area contributed by atoms with E-state index in [0.29, 0.717) is 5.69 Å². The Labute approximate surface area is 203 Å². The number of carboxylic acid groups (broad SMARTS) is 1. The Balaban J connectivity index is 1.19. The number of carbonyl (C=O) groups is 3. The second-order valence-corrected chi connectivity index (χ2v) is 8.11. The van der Waals surface area contributed by atoms with Crippen molar-refractivity contribution in [1.29, 1.82) is 0 Å². The van der Waals surface area contributed by atoms with Crippen molar-refractivity contribution in [2.75, 3.05) is 38.3 Å². The third-order valence-corrected chi connectivity index (χ3v) is 5.94. The summed E-state index contributed by atoms with van der Waals surface area (Å²) in [4.78, 5) is 36.9. The molecule has 0 fully saturated rings. The molecule has 0 unspecified atom stereocenters. The molecule has 0 aromatic heterocycles. The average Bonchev–Trinajstić information content (AvgIpc) is 3.20. The fraction of sp³-hybridized carbons (Fsp3) is 0.222. The van der Waals surface area contributed by atoms with E-state index in [9.17, 15) is 14.4 Å². The SMILES string of the molecule is CN(C(=O)COCCNC(=O)OCC1c2ccccc2-c2ccccc21)c1cccc(C(=O)O)c1.